The lowest BCUT2D eigenvalue weighted by atomic mass is 10.0. The maximum absolute atomic E-state index is 12.5. The predicted octanol–water partition coefficient (Wildman–Crippen LogP) is 3.79. The maximum Gasteiger partial charge on any atom is 0.344 e. The minimum atomic E-state index is -0.444. The van der Waals surface area contributed by atoms with Gasteiger partial charge in [0, 0.05) is 6.07 Å². The van der Waals surface area contributed by atoms with Gasteiger partial charge in [0.1, 0.15) is 5.75 Å². The number of benzene rings is 2. The monoisotopic (exact) mass is 326 g/mol. The lowest BCUT2D eigenvalue weighted by Gasteiger charge is -2.13. The summed E-state index contributed by atoms with van der Waals surface area (Å²) in [6.07, 6.45) is 0. The van der Waals surface area contributed by atoms with Gasteiger partial charge < -0.3 is 18.6 Å². The van der Waals surface area contributed by atoms with Crippen molar-refractivity contribution in [3.63, 3.8) is 0 Å². The Labute approximate surface area is 139 Å². The molecule has 1 heterocycles. The van der Waals surface area contributed by atoms with Crippen molar-refractivity contribution >= 4 is 11.0 Å². The second-order valence-corrected chi connectivity index (χ2v) is 5.37. The first-order valence-corrected chi connectivity index (χ1v) is 7.43. The van der Waals surface area contributed by atoms with E-state index in [9.17, 15) is 4.79 Å². The number of methoxy groups -OCH3 is 3. The van der Waals surface area contributed by atoms with Crippen molar-refractivity contribution in [1.29, 1.82) is 0 Å². The van der Waals surface area contributed by atoms with Crippen LogP contribution in [0.15, 0.2) is 45.6 Å². The van der Waals surface area contributed by atoms with E-state index >= 15 is 0 Å². The van der Waals surface area contributed by atoms with Gasteiger partial charge in [0.05, 0.1) is 32.3 Å². The van der Waals surface area contributed by atoms with Crippen LogP contribution in [0.4, 0.5) is 0 Å². The number of hydrogen-bond acceptors (Lipinski definition) is 5. The van der Waals surface area contributed by atoms with Crippen LogP contribution in [-0.4, -0.2) is 21.3 Å². The van der Waals surface area contributed by atoms with Crippen LogP contribution >= 0.6 is 0 Å². The molecule has 0 fully saturated rings. The summed E-state index contributed by atoms with van der Waals surface area (Å²) >= 11 is 0. The summed E-state index contributed by atoms with van der Waals surface area (Å²) in [4.78, 5) is 12.5. The van der Waals surface area contributed by atoms with Crippen LogP contribution in [0, 0.1) is 6.92 Å². The van der Waals surface area contributed by atoms with Crippen molar-refractivity contribution < 1.29 is 18.6 Å². The first-order chi connectivity index (χ1) is 11.6. The average Bonchev–Trinajstić information content (AvgIpc) is 2.60. The lowest BCUT2D eigenvalue weighted by molar-refractivity contribution is 0.347. The fraction of sp³-hybridized carbons (Fsp3) is 0.211. The molecule has 124 valence electrons. The van der Waals surface area contributed by atoms with Crippen molar-refractivity contribution in [2.75, 3.05) is 21.3 Å². The molecule has 0 unspecified atom stereocenters. The normalized spacial score (nSPS) is 10.7. The molecule has 0 saturated heterocycles. The molecule has 3 aromatic rings. The van der Waals surface area contributed by atoms with E-state index in [1.54, 1.807) is 19.2 Å². The van der Waals surface area contributed by atoms with Crippen LogP contribution in [0.3, 0.4) is 0 Å². The zero-order valence-corrected chi connectivity index (χ0v) is 14.0. The molecule has 5 heteroatoms. The van der Waals surface area contributed by atoms with Crippen LogP contribution in [0.2, 0.25) is 0 Å². The average molecular weight is 326 g/mol. The number of hydrogen-bond donors (Lipinski definition) is 0. The standard InChI is InChI=1S/C19H18O5/c1-11-5-7-12(8-6-11)13-9-14-15(21-2)10-16(22-3)18(23-4)17(14)24-19(13)20/h5-10H,1-4H3. The van der Waals surface area contributed by atoms with Crippen molar-refractivity contribution in [3.05, 3.63) is 52.4 Å². The molecule has 0 amide bonds. The molecule has 0 aliphatic rings. The molecule has 0 radical (unpaired) electrons. The molecule has 0 saturated carbocycles. The molecule has 0 bridgehead atoms. The molecule has 0 aliphatic heterocycles. The highest BCUT2D eigenvalue weighted by Crippen LogP contribution is 2.41. The highest BCUT2D eigenvalue weighted by Gasteiger charge is 2.19. The molecule has 0 spiro atoms. The third-order valence-electron chi connectivity index (χ3n) is 3.91. The van der Waals surface area contributed by atoms with Crippen molar-refractivity contribution in [1.82, 2.24) is 0 Å². The molecule has 1 aromatic heterocycles. The molecular weight excluding hydrogens is 308 g/mol. The quantitative estimate of drug-likeness (QED) is 0.683. The minimum Gasteiger partial charge on any atom is -0.496 e. The minimum absolute atomic E-state index is 0.301. The van der Waals surface area contributed by atoms with Gasteiger partial charge in [0.15, 0.2) is 11.3 Å². The van der Waals surface area contributed by atoms with Crippen LogP contribution in [0.1, 0.15) is 5.56 Å². The Hall–Kier alpha value is -2.95. The van der Waals surface area contributed by atoms with Gasteiger partial charge in [0.2, 0.25) is 5.75 Å². The van der Waals surface area contributed by atoms with E-state index < -0.39 is 5.63 Å². The second-order valence-electron chi connectivity index (χ2n) is 5.37. The fourth-order valence-corrected chi connectivity index (χ4v) is 2.65. The molecule has 24 heavy (non-hydrogen) atoms. The van der Waals surface area contributed by atoms with Gasteiger partial charge in [-0.15, -0.1) is 0 Å². The highest BCUT2D eigenvalue weighted by molar-refractivity contribution is 5.93. The first kappa shape index (κ1) is 15.9. The van der Waals surface area contributed by atoms with Crippen LogP contribution in [0.25, 0.3) is 22.1 Å². The first-order valence-electron chi connectivity index (χ1n) is 7.43. The van der Waals surface area contributed by atoms with Gasteiger partial charge in [-0.3, -0.25) is 0 Å². The molecule has 0 N–H and O–H groups in total. The lowest BCUT2D eigenvalue weighted by Crippen LogP contribution is -2.04. The van der Waals surface area contributed by atoms with Crippen molar-refractivity contribution in [2.45, 2.75) is 6.92 Å². The largest absolute Gasteiger partial charge is 0.496 e. The van der Waals surface area contributed by atoms with Crippen molar-refractivity contribution in [3.8, 4) is 28.4 Å². The fourth-order valence-electron chi connectivity index (χ4n) is 2.65. The van der Waals surface area contributed by atoms with Crippen LogP contribution < -0.4 is 19.8 Å². The van der Waals surface area contributed by atoms with E-state index in [2.05, 4.69) is 0 Å². The summed E-state index contributed by atoms with van der Waals surface area (Å²) in [6.45, 7) is 1.99. The molecule has 2 aromatic carbocycles. The molecule has 0 atom stereocenters. The maximum atomic E-state index is 12.5. The Kier molecular flexibility index (Phi) is 4.16. The summed E-state index contributed by atoms with van der Waals surface area (Å²) in [7, 11) is 4.57. The van der Waals surface area contributed by atoms with Crippen LogP contribution in [0.5, 0.6) is 17.2 Å². The molecule has 5 nitrogen and oxygen atoms in total. The number of ether oxygens (including phenoxy) is 3. The summed E-state index contributed by atoms with van der Waals surface area (Å²) in [5.74, 6) is 1.34. The second kappa shape index (κ2) is 6.28. The van der Waals surface area contributed by atoms with E-state index in [-0.39, 0.29) is 0 Å². The van der Waals surface area contributed by atoms with Gasteiger partial charge in [-0.2, -0.15) is 0 Å². The zero-order valence-electron chi connectivity index (χ0n) is 14.0. The number of rotatable bonds is 4. The molecule has 0 aliphatic carbocycles. The van der Waals surface area contributed by atoms with E-state index in [1.807, 2.05) is 31.2 Å². The number of fused-ring (bicyclic) bond motifs is 1. The predicted molar refractivity (Wildman–Crippen MR) is 92.3 cm³/mol. The molecular formula is C19H18O5. The van der Waals surface area contributed by atoms with Gasteiger partial charge in [-0.05, 0) is 18.6 Å². The third-order valence-corrected chi connectivity index (χ3v) is 3.91. The molecule has 3 rings (SSSR count). The van der Waals surface area contributed by atoms with Gasteiger partial charge >= 0.3 is 5.63 Å². The van der Waals surface area contributed by atoms with Crippen molar-refractivity contribution in [2.24, 2.45) is 0 Å². The Morgan fingerprint density at radius 1 is 0.875 bits per heavy atom. The SMILES string of the molecule is COc1cc(OC)c2cc(-c3ccc(C)cc3)c(=O)oc2c1OC. The third kappa shape index (κ3) is 2.58. The van der Waals surface area contributed by atoms with Gasteiger partial charge in [0.25, 0.3) is 0 Å². The number of aryl methyl sites for hydroxylation is 1. The Morgan fingerprint density at radius 3 is 2.12 bits per heavy atom. The van der Waals surface area contributed by atoms with Gasteiger partial charge in [-0.1, -0.05) is 29.8 Å². The topological polar surface area (TPSA) is 57.9 Å². The summed E-state index contributed by atoms with van der Waals surface area (Å²) < 4.78 is 21.6. The Morgan fingerprint density at radius 2 is 1.54 bits per heavy atom. The summed E-state index contributed by atoms with van der Waals surface area (Å²) in [5, 5.41) is 0.644. The summed E-state index contributed by atoms with van der Waals surface area (Å²) in [5.41, 5.74) is 2.23. The Balaban J connectivity index is 2.34. The highest BCUT2D eigenvalue weighted by atomic mass is 16.5. The van der Waals surface area contributed by atoms with E-state index in [0.717, 1.165) is 11.1 Å². The Bertz CT molecular complexity index is 939. The zero-order chi connectivity index (χ0) is 17.3. The van der Waals surface area contributed by atoms with Gasteiger partial charge in [-0.25, -0.2) is 4.79 Å². The van der Waals surface area contributed by atoms with E-state index in [1.165, 1.54) is 14.2 Å². The van der Waals surface area contributed by atoms with E-state index in [0.29, 0.717) is 33.8 Å². The summed E-state index contributed by atoms with van der Waals surface area (Å²) in [6, 6.07) is 11.1. The van der Waals surface area contributed by atoms with E-state index in [4.69, 9.17) is 18.6 Å². The van der Waals surface area contributed by atoms with Crippen LogP contribution in [-0.2, 0) is 0 Å². The smallest absolute Gasteiger partial charge is 0.344 e.